The molecule has 0 radical (unpaired) electrons. The molecule has 13 heavy (non-hydrogen) atoms. The third kappa shape index (κ3) is 3.42. The summed E-state index contributed by atoms with van der Waals surface area (Å²) in [7, 11) is 0. The van der Waals surface area contributed by atoms with Crippen LogP contribution in [0.15, 0.2) is 18.2 Å². The van der Waals surface area contributed by atoms with Gasteiger partial charge in [-0.05, 0) is 47.2 Å². The van der Waals surface area contributed by atoms with Gasteiger partial charge in [-0.3, -0.25) is 0 Å². The first-order valence-electron chi connectivity index (χ1n) is 4.42. The minimum Gasteiger partial charge on any atom is -0.492 e. The molecule has 0 aliphatic heterocycles. The zero-order chi connectivity index (χ0) is 9.68. The quantitative estimate of drug-likeness (QED) is 0.525. The molecule has 0 amide bonds. The fourth-order valence-electron chi connectivity index (χ4n) is 0.961. The van der Waals surface area contributed by atoms with Gasteiger partial charge in [-0.2, -0.15) is 0 Å². The lowest BCUT2D eigenvalue weighted by molar-refractivity contribution is 0.307. The Hall–Kier alpha value is -0.450. The van der Waals surface area contributed by atoms with Crippen LogP contribution in [0.1, 0.15) is 19.8 Å². The zero-order valence-electron chi connectivity index (χ0n) is 7.72. The summed E-state index contributed by atoms with van der Waals surface area (Å²) in [4.78, 5) is 0. The van der Waals surface area contributed by atoms with Gasteiger partial charge < -0.3 is 10.5 Å². The van der Waals surface area contributed by atoms with Crippen LogP contribution in [0.3, 0.4) is 0 Å². The predicted octanol–water partition coefficient (Wildman–Crippen LogP) is 3.05. The van der Waals surface area contributed by atoms with Gasteiger partial charge in [0.25, 0.3) is 0 Å². The van der Waals surface area contributed by atoms with E-state index >= 15 is 0 Å². The van der Waals surface area contributed by atoms with Crippen molar-refractivity contribution in [2.45, 2.75) is 19.8 Å². The molecule has 1 rings (SSSR count). The molecule has 3 heteroatoms. The summed E-state index contributed by atoms with van der Waals surface area (Å²) in [6.45, 7) is 2.94. The molecule has 0 heterocycles. The molecule has 0 fully saturated rings. The van der Waals surface area contributed by atoms with E-state index in [0.29, 0.717) is 0 Å². The molecular formula is C10H14INO. The van der Waals surface area contributed by atoms with E-state index in [1.165, 1.54) is 0 Å². The second kappa shape index (κ2) is 5.32. The average molecular weight is 291 g/mol. The van der Waals surface area contributed by atoms with E-state index in [4.69, 9.17) is 10.5 Å². The number of benzene rings is 1. The van der Waals surface area contributed by atoms with Gasteiger partial charge in [-0.25, -0.2) is 0 Å². The summed E-state index contributed by atoms with van der Waals surface area (Å²) in [6.07, 6.45) is 2.26. The Labute approximate surface area is 92.6 Å². The Morgan fingerprint density at radius 3 is 2.85 bits per heavy atom. The normalized spacial score (nSPS) is 10.0. The van der Waals surface area contributed by atoms with E-state index in [0.717, 1.165) is 34.5 Å². The van der Waals surface area contributed by atoms with E-state index in [1.807, 2.05) is 18.2 Å². The van der Waals surface area contributed by atoms with Gasteiger partial charge in [0.15, 0.2) is 0 Å². The van der Waals surface area contributed by atoms with Gasteiger partial charge in [0.2, 0.25) is 0 Å². The lowest BCUT2D eigenvalue weighted by Gasteiger charge is -2.07. The smallest absolute Gasteiger partial charge is 0.132 e. The fraction of sp³-hybridized carbons (Fsp3) is 0.400. The number of rotatable bonds is 4. The molecule has 1 aromatic rings. The maximum Gasteiger partial charge on any atom is 0.132 e. The fourth-order valence-corrected chi connectivity index (χ4v) is 1.66. The summed E-state index contributed by atoms with van der Waals surface area (Å²) >= 11 is 2.23. The molecule has 0 aliphatic rings. The third-order valence-corrected chi connectivity index (χ3v) is 2.55. The monoisotopic (exact) mass is 291 g/mol. The zero-order valence-corrected chi connectivity index (χ0v) is 9.87. The molecular weight excluding hydrogens is 277 g/mol. The molecule has 2 nitrogen and oxygen atoms in total. The minimum atomic E-state index is 0.784. The Bertz CT molecular complexity index is 276. The molecule has 0 aromatic heterocycles. The standard InChI is InChI=1S/C10H14INO/c1-2-3-6-13-10-5-4-8(12)7-9(10)11/h4-5,7H,2-3,6,12H2,1H3. The van der Waals surface area contributed by atoms with Gasteiger partial charge >= 0.3 is 0 Å². The number of nitrogens with two attached hydrogens (primary N) is 1. The lowest BCUT2D eigenvalue weighted by Crippen LogP contribution is -1.98. The second-order valence-corrected chi connectivity index (χ2v) is 4.05. The van der Waals surface area contributed by atoms with E-state index in [-0.39, 0.29) is 0 Å². The summed E-state index contributed by atoms with van der Waals surface area (Å²) in [6, 6.07) is 5.71. The molecule has 0 atom stereocenters. The van der Waals surface area contributed by atoms with E-state index < -0.39 is 0 Å². The Balaban J connectivity index is 2.56. The van der Waals surface area contributed by atoms with Crippen LogP contribution in [0.25, 0.3) is 0 Å². The second-order valence-electron chi connectivity index (χ2n) is 2.89. The van der Waals surface area contributed by atoms with Crippen molar-refractivity contribution in [1.82, 2.24) is 0 Å². The van der Waals surface area contributed by atoms with E-state index in [9.17, 15) is 0 Å². The maximum atomic E-state index is 5.62. The van der Waals surface area contributed by atoms with Gasteiger partial charge in [0, 0.05) is 5.69 Å². The number of unbranched alkanes of at least 4 members (excludes halogenated alkanes) is 1. The molecule has 0 bridgehead atoms. The number of halogens is 1. The Morgan fingerprint density at radius 2 is 2.23 bits per heavy atom. The van der Waals surface area contributed by atoms with Crippen molar-refractivity contribution in [2.75, 3.05) is 12.3 Å². The molecule has 0 saturated heterocycles. The van der Waals surface area contributed by atoms with Crippen LogP contribution in [0.5, 0.6) is 5.75 Å². The number of ether oxygens (including phenoxy) is 1. The molecule has 2 N–H and O–H groups in total. The molecule has 0 aliphatic carbocycles. The van der Waals surface area contributed by atoms with Crippen molar-refractivity contribution >= 4 is 28.3 Å². The summed E-state index contributed by atoms with van der Waals surface area (Å²) in [5.74, 6) is 0.934. The SMILES string of the molecule is CCCCOc1ccc(N)cc1I. The highest BCUT2D eigenvalue weighted by Crippen LogP contribution is 2.23. The first-order valence-corrected chi connectivity index (χ1v) is 5.49. The Morgan fingerprint density at radius 1 is 1.46 bits per heavy atom. The van der Waals surface area contributed by atoms with Crippen LogP contribution in [0, 0.1) is 3.57 Å². The first kappa shape index (κ1) is 10.6. The van der Waals surface area contributed by atoms with Gasteiger partial charge in [0.1, 0.15) is 5.75 Å². The average Bonchev–Trinajstić information content (AvgIpc) is 2.09. The maximum absolute atomic E-state index is 5.62. The van der Waals surface area contributed by atoms with Crippen LogP contribution in [0.4, 0.5) is 5.69 Å². The number of anilines is 1. The molecule has 72 valence electrons. The Kier molecular flexibility index (Phi) is 4.35. The van der Waals surface area contributed by atoms with Crippen LogP contribution < -0.4 is 10.5 Å². The molecule has 0 spiro atoms. The third-order valence-electron chi connectivity index (χ3n) is 1.71. The predicted molar refractivity (Wildman–Crippen MR) is 64.0 cm³/mol. The number of nitrogen functional groups attached to an aromatic ring is 1. The van der Waals surface area contributed by atoms with E-state index in [2.05, 4.69) is 29.5 Å². The van der Waals surface area contributed by atoms with Crippen molar-refractivity contribution in [3.05, 3.63) is 21.8 Å². The largest absolute Gasteiger partial charge is 0.492 e. The molecule has 0 saturated carbocycles. The van der Waals surface area contributed by atoms with Crippen LogP contribution in [-0.2, 0) is 0 Å². The van der Waals surface area contributed by atoms with E-state index in [1.54, 1.807) is 0 Å². The van der Waals surface area contributed by atoms with Crippen LogP contribution in [0.2, 0.25) is 0 Å². The van der Waals surface area contributed by atoms with Gasteiger partial charge in [-0.15, -0.1) is 0 Å². The summed E-state index contributed by atoms with van der Waals surface area (Å²) < 4.78 is 6.65. The molecule has 0 unspecified atom stereocenters. The van der Waals surface area contributed by atoms with Crippen molar-refractivity contribution in [1.29, 1.82) is 0 Å². The lowest BCUT2D eigenvalue weighted by atomic mass is 10.3. The topological polar surface area (TPSA) is 35.2 Å². The van der Waals surface area contributed by atoms with Gasteiger partial charge in [0.05, 0.1) is 10.2 Å². The first-order chi connectivity index (χ1) is 6.24. The van der Waals surface area contributed by atoms with Crippen molar-refractivity contribution in [3.63, 3.8) is 0 Å². The van der Waals surface area contributed by atoms with Crippen molar-refractivity contribution in [2.24, 2.45) is 0 Å². The van der Waals surface area contributed by atoms with Gasteiger partial charge in [-0.1, -0.05) is 13.3 Å². The van der Waals surface area contributed by atoms with Crippen molar-refractivity contribution in [3.8, 4) is 5.75 Å². The highest BCUT2D eigenvalue weighted by Gasteiger charge is 1.99. The minimum absolute atomic E-state index is 0.784. The highest BCUT2D eigenvalue weighted by molar-refractivity contribution is 14.1. The van der Waals surface area contributed by atoms with Crippen molar-refractivity contribution < 1.29 is 4.74 Å². The summed E-state index contributed by atoms with van der Waals surface area (Å²) in [5.41, 5.74) is 6.41. The highest BCUT2D eigenvalue weighted by atomic mass is 127. The van der Waals surface area contributed by atoms with Crippen LogP contribution in [-0.4, -0.2) is 6.61 Å². The van der Waals surface area contributed by atoms with Crippen LogP contribution >= 0.6 is 22.6 Å². The molecule has 1 aromatic carbocycles. The summed E-state index contributed by atoms with van der Waals surface area (Å²) in [5, 5.41) is 0. The number of hydrogen-bond acceptors (Lipinski definition) is 2. The number of hydrogen-bond donors (Lipinski definition) is 1.